The van der Waals surface area contributed by atoms with E-state index in [0.717, 1.165) is 49.2 Å². The van der Waals surface area contributed by atoms with Gasteiger partial charge >= 0.3 is 30.0 Å². The van der Waals surface area contributed by atoms with E-state index in [9.17, 15) is 39.3 Å². The molecule has 4 atom stereocenters. The number of carbonyl (C=O) groups excluding carboxylic acids is 2. The minimum absolute atomic E-state index is 0.0332. The lowest BCUT2D eigenvalue weighted by atomic mass is 9.79. The summed E-state index contributed by atoms with van der Waals surface area (Å²) >= 11 is 0. The van der Waals surface area contributed by atoms with Crippen LogP contribution in [0.1, 0.15) is 108 Å². The summed E-state index contributed by atoms with van der Waals surface area (Å²) in [5, 5.41) is 28.3. The number of amides is 1. The first-order valence-corrected chi connectivity index (χ1v) is 18.1. The monoisotopic (exact) mass is 730 g/mol. The molecule has 2 unspecified atom stereocenters. The van der Waals surface area contributed by atoms with Crippen LogP contribution in [-0.4, -0.2) is 82.0 Å². The zero-order valence-corrected chi connectivity index (χ0v) is 31.0. The summed E-state index contributed by atoms with van der Waals surface area (Å²) in [6, 6.07) is 19.0. The molecule has 2 aliphatic rings. The molecule has 1 saturated heterocycles. The molecule has 3 N–H and O–H groups in total. The van der Waals surface area contributed by atoms with Crippen molar-refractivity contribution in [3.05, 3.63) is 100 Å². The van der Waals surface area contributed by atoms with Crippen LogP contribution < -0.4 is 4.90 Å². The Morgan fingerprint density at radius 3 is 1.77 bits per heavy atom. The zero-order valence-electron chi connectivity index (χ0n) is 31.0. The van der Waals surface area contributed by atoms with Gasteiger partial charge in [0, 0.05) is 18.3 Å². The van der Waals surface area contributed by atoms with Crippen LogP contribution in [0, 0.1) is 13.8 Å². The Labute approximate surface area is 310 Å². The van der Waals surface area contributed by atoms with Gasteiger partial charge in [0.2, 0.25) is 12.2 Å². The molecule has 284 valence electrons. The first-order valence-electron chi connectivity index (χ1n) is 18.1. The largest absolute Gasteiger partial charge is 0.478 e. The number of carboxylic acid groups (broad SMARTS) is 3. The molecular formula is C41H50N2O10. The third kappa shape index (κ3) is 10.0. The van der Waals surface area contributed by atoms with Gasteiger partial charge in [-0.25, -0.2) is 24.0 Å². The Kier molecular flexibility index (Phi) is 13.8. The first kappa shape index (κ1) is 40.5. The highest BCUT2D eigenvalue weighted by Crippen LogP contribution is 2.53. The van der Waals surface area contributed by atoms with Crippen LogP contribution in [0.3, 0.4) is 0 Å². The lowest BCUT2D eigenvalue weighted by Gasteiger charge is -2.37. The number of unbranched alkanes of at least 4 members (excludes halogenated alkanes) is 3. The molecule has 3 aromatic rings. The second-order valence-electron chi connectivity index (χ2n) is 14.0. The van der Waals surface area contributed by atoms with Gasteiger partial charge in [0.1, 0.15) is 0 Å². The second kappa shape index (κ2) is 18.0. The Hall–Kier alpha value is -5.23. The van der Waals surface area contributed by atoms with Crippen molar-refractivity contribution in [2.75, 3.05) is 24.5 Å². The number of esters is 2. The third-order valence-electron chi connectivity index (χ3n) is 10.1. The van der Waals surface area contributed by atoms with E-state index in [2.05, 4.69) is 37.8 Å². The normalized spacial score (nSPS) is 18.4. The maximum absolute atomic E-state index is 12.2. The standard InChI is InChI=1S/C21H32N2O2.C20H18O8/c1-4-6-7-8-12-23(20(24)25)16-9-10-17-18(14-16)21(3)11-13-22(5-2)19(17)15-21;1-11-3-7-13(8-4-11)19(25)27-15(17(21)22)16(18(23)24)28-20(26)14-9-5-12(2)6-10-14/h9-10,14,19H,4-8,11-13,15H2,1-3H3,(H,24,25);3-10,15-16H,1-2H3,(H,21,22)(H,23,24)/t;15-,16-/m.1/s1. The summed E-state index contributed by atoms with van der Waals surface area (Å²) in [5.74, 6) is -5.62. The first-order chi connectivity index (χ1) is 25.2. The number of hydrogen-bond acceptors (Lipinski definition) is 8. The fourth-order valence-corrected chi connectivity index (χ4v) is 6.92. The van der Waals surface area contributed by atoms with Crippen LogP contribution in [0.2, 0.25) is 0 Å². The number of piperidine rings is 1. The van der Waals surface area contributed by atoms with Crippen molar-refractivity contribution < 1.29 is 48.8 Å². The molecule has 3 aromatic carbocycles. The van der Waals surface area contributed by atoms with Gasteiger partial charge in [0.05, 0.1) is 11.1 Å². The molecule has 1 heterocycles. The smallest absolute Gasteiger partial charge is 0.411 e. The van der Waals surface area contributed by atoms with Gasteiger partial charge in [0.25, 0.3) is 0 Å². The molecule has 12 nitrogen and oxygen atoms in total. The molecule has 0 saturated carbocycles. The highest BCUT2D eigenvalue weighted by molar-refractivity contribution is 5.95. The van der Waals surface area contributed by atoms with Crippen LogP contribution in [0.15, 0.2) is 66.7 Å². The fraction of sp³-hybridized carbons (Fsp3) is 0.439. The zero-order chi connectivity index (χ0) is 38.9. The maximum Gasteiger partial charge on any atom is 0.411 e. The van der Waals surface area contributed by atoms with Crippen molar-refractivity contribution in [1.29, 1.82) is 0 Å². The molecule has 53 heavy (non-hydrogen) atoms. The summed E-state index contributed by atoms with van der Waals surface area (Å²) in [6.45, 7) is 13.2. The van der Waals surface area contributed by atoms with E-state index in [0.29, 0.717) is 12.6 Å². The van der Waals surface area contributed by atoms with Gasteiger partial charge in [0.15, 0.2) is 0 Å². The number of likely N-dealkylation sites (tertiary alicyclic amines) is 1. The van der Waals surface area contributed by atoms with Crippen molar-refractivity contribution >= 4 is 35.7 Å². The molecule has 1 aliphatic carbocycles. The number of aliphatic carboxylic acids is 2. The number of carbonyl (C=O) groups is 5. The predicted molar refractivity (Wildman–Crippen MR) is 199 cm³/mol. The predicted octanol–water partition coefficient (Wildman–Crippen LogP) is 7.40. The lowest BCUT2D eigenvalue weighted by molar-refractivity contribution is -0.166. The molecular weight excluding hydrogens is 680 g/mol. The fourth-order valence-electron chi connectivity index (χ4n) is 6.92. The van der Waals surface area contributed by atoms with Crippen molar-refractivity contribution in [3.63, 3.8) is 0 Å². The van der Waals surface area contributed by atoms with E-state index in [1.807, 2.05) is 6.07 Å². The summed E-state index contributed by atoms with van der Waals surface area (Å²) in [4.78, 5) is 63.2. The van der Waals surface area contributed by atoms with Crippen molar-refractivity contribution in [2.45, 2.75) is 96.8 Å². The van der Waals surface area contributed by atoms with Gasteiger partial charge < -0.3 is 24.8 Å². The SMILES string of the molecule is CCCCCCN(C(=O)O)c1ccc2c(c1)C1(C)CCN(CC)C2C1.Cc1ccc(C(=O)O[C@@H](C(=O)O)[C@@H](OC(=O)c2ccc(C)cc2)C(=O)O)cc1. The van der Waals surface area contributed by atoms with Crippen LogP contribution in [0.5, 0.6) is 0 Å². The quantitative estimate of drug-likeness (QED) is 0.112. The third-order valence-corrected chi connectivity index (χ3v) is 10.1. The van der Waals surface area contributed by atoms with Crippen molar-refractivity contribution in [2.24, 2.45) is 0 Å². The molecule has 0 radical (unpaired) electrons. The van der Waals surface area contributed by atoms with Crippen LogP contribution in [0.4, 0.5) is 10.5 Å². The highest BCUT2D eigenvalue weighted by atomic mass is 16.6. The van der Waals surface area contributed by atoms with Crippen LogP contribution >= 0.6 is 0 Å². The van der Waals surface area contributed by atoms with Crippen LogP contribution in [0.25, 0.3) is 0 Å². The van der Waals surface area contributed by atoms with E-state index in [4.69, 9.17) is 9.47 Å². The molecule has 1 amide bonds. The Balaban J connectivity index is 0.000000238. The average molecular weight is 731 g/mol. The Bertz CT molecular complexity index is 1700. The number of hydrogen-bond donors (Lipinski definition) is 3. The van der Waals surface area contributed by atoms with E-state index in [1.165, 1.54) is 54.7 Å². The summed E-state index contributed by atoms with van der Waals surface area (Å²) in [7, 11) is 0. The number of aryl methyl sites for hydroxylation is 2. The molecule has 0 aromatic heterocycles. The van der Waals surface area contributed by atoms with E-state index in [-0.39, 0.29) is 16.5 Å². The Morgan fingerprint density at radius 2 is 1.32 bits per heavy atom. The average Bonchev–Trinajstić information content (AvgIpc) is 3.35. The summed E-state index contributed by atoms with van der Waals surface area (Å²) < 4.78 is 9.64. The maximum atomic E-state index is 12.2. The van der Waals surface area contributed by atoms with Crippen molar-refractivity contribution in [3.8, 4) is 0 Å². The van der Waals surface area contributed by atoms with Gasteiger partial charge in [-0.05, 0) is 99.1 Å². The summed E-state index contributed by atoms with van der Waals surface area (Å²) in [6.07, 6.45) is 1.42. The topological polar surface area (TPSA) is 171 Å². The molecule has 1 fully saturated rings. The number of rotatable bonds is 14. The molecule has 12 heteroatoms. The van der Waals surface area contributed by atoms with E-state index >= 15 is 0 Å². The highest BCUT2D eigenvalue weighted by Gasteiger charge is 2.46. The molecule has 5 rings (SSSR count). The van der Waals surface area contributed by atoms with Crippen molar-refractivity contribution in [1.82, 2.24) is 4.90 Å². The number of ether oxygens (including phenoxy) is 2. The number of anilines is 1. The number of nitrogens with zero attached hydrogens (tertiary/aromatic N) is 2. The molecule has 0 spiro atoms. The lowest BCUT2D eigenvalue weighted by Crippen LogP contribution is -2.45. The minimum atomic E-state index is -2.22. The molecule has 2 bridgehead atoms. The number of fused-ring (bicyclic) bond motifs is 5. The summed E-state index contributed by atoms with van der Waals surface area (Å²) in [5.41, 5.74) is 5.64. The van der Waals surface area contributed by atoms with Gasteiger partial charge in [-0.2, -0.15) is 0 Å². The molecule has 1 aliphatic heterocycles. The minimum Gasteiger partial charge on any atom is -0.478 e. The second-order valence-corrected chi connectivity index (χ2v) is 14.0. The Morgan fingerprint density at radius 1 is 0.792 bits per heavy atom. The van der Waals surface area contributed by atoms with E-state index < -0.39 is 42.2 Å². The van der Waals surface area contributed by atoms with Crippen LogP contribution in [-0.2, 0) is 24.5 Å². The van der Waals surface area contributed by atoms with E-state index in [1.54, 1.807) is 43.0 Å². The number of carboxylic acids is 2. The van der Waals surface area contributed by atoms with Gasteiger partial charge in [-0.15, -0.1) is 0 Å². The van der Waals surface area contributed by atoms with Gasteiger partial charge in [-0.3, -0.25) is 9.80 Å². The van der Waals surface area contributed by atoms with Gasteiger partial charge in [-0.1, -0.05) is 81.5 Å². The number of benzene rings is 3.